The van der Waals surface area contributed by atoms with Crippen LogP contribution in [0.5, 0.6) is 11.5 Å². The van der Waals surface area contributed by atoms with Crippen molar-refractivity contribution in [1.29, 1.82) is 0 Å². The van der Waals surface area contributed by atoms with Crippen LogP contribution in [0, 0.1) is 0 Å². The number of carbonyl (C=O) groups excluding carboxylic acids is 2. The number of ether oxygens (including phenoxy) is 2. The van der Waals surface area contributed by atoms with Gasteiger partial charge in [-0.3, -0.25) is 9.59 Å². The average molecular weight is 478 g/mol. The number of methoxy groups -OCH3 is 1. The number of nitrogens with zero attached hydrogens (tertiary/aromatic N) is 2. The molecular weight excluding hydrogens is 453 g/mol. The second kappa shape index (κ2) is 10.9. The SMILES string of the molecule is COc1cc(C=CC(=O)NC2CCN(c3ccc(C(F)(F)F)cn3)CC2)ccc1OCC(N)=O. The molecule has 0 unspecified atom stereocenters. The summed E-state index contributed by atoms with van der Waals surface area (Å²) in [6.45, 7) is 0.857. The van der Waals surface area contributed by atoms with Crippen molar-refractivity contribution in [2.24, 2.45) is 5.73 Å². The Labute approximate surface area is 194 Å². The number of alkyl halides is 3. The van der Waals surface area contributed by atoms with E-state index >= 15 is 0 Å². The number of aromatic nitrogens is 1. The number of hydrogen-bond acceptors (Lipinski definition) is 6. The molecule has 1 aliphatic rings. The number of rotatable bonds is 8. The van der Waals surface area contributed by atoms with E-state index in [0.717, 1.165) is 12.3 Å². The minimum Gasteiger partial charge on any atom is -0.493 e. The molecule has 3 rings (SSSR count). The predicted molar refractivity (Wildman–Crippen MR) is 119 cm³/mol. The van der Waals surface area contributed by atoms with E-state index in [1.54, 1.807) is 24.3 Å². The number of benzene rings is 1. The molecule has 0 saturated carbocycles. The smallest absolute Gasteiger partial charge is 0.417 e. The van der Waals surface area contributed by atoms with E-state index in [1.807, 2.05) is 4.90 Å². The molecule has 0 atom stereocenters. The molecule has 2 amide bonds. The highest BCUT2D eigenvalue weighted by Gasteiger charge is 2.31. The third kappa shape index (κ3) is 6.87. The third-order valence-corrected chi connectivity index (χ3v) is 5.23. The average Bonchev–Trinajstić information content (AvgIpc) is 2.81. The molecule has 0 spiro atoms. The summed E-state index contributed by atoms with van der Waals surface area (Å²) in [5.41, 5.74) is 4.99. The number of pyridine rings is 1. The van der Waals surface area contributed by atoms with Gasteiger partial charge in [0.25, 0.3) is 5.91 Å². The van der Waals surface area contributed by atoms with Crippen LogP contribution in [0.25, 0.3) is 6.08 Å². The maximum atomic E-state index is 12.7. The molecule has 2 heterocycles. The second-order valence-corrected chi connectivity index (χ2v) is 7.67. The molecule has 3 N–H and O–H groups in total. The normalized spacial score (nSPS) is 14.8. The first-order chi connectivity index (χ1) is 16.2. The van der Waals surface area contributed by atoms with E-state index in [1.165, 1.54) is 19.3 Å². The molecule has 1 aromatic carbocycles. The highest BCUT2D eigenvalue weighted by atomic mass is 19.4. The molecule has 182 valence electrons. The van der Waals surface area contributed by atoms with Gasteiger partial charge >= 0.3 is 6.18 Å². The fourth-order valence-electron chi connectivity index (χ4n) is 3.47. The number of nitrogens with one attached hydrogen (secondary N) is 1. The number of piperidine rings is 1. The summed E-state index contributed by atoms with van der Waals surface area (Å²) < 4.78 is 48.6. The number of anilines is 1. The summed E-state index contributed by atoms with van der Waals surface area (Å²) in [4.78, 5) is 29.0. The highest BCUT2D eigenvalue weighted by Crippen LogP contribution is 2.30. The minimum atomic E-state index is -4.41. The van der Waals surface area contributed by atoms with Crippen molar-refractivity contribution in [2.75, 3.05) is 31.7 Å². The van der Waals surface area contributed by atoms with E-state index in [2.05, 4.69) is 10.3 Å². The van der Waals surface area contributed by atoms with Gasteiger partial charge in [0.1, 0.15) is 5.82 Å². The Morgan fingerprint density at radius 3 is 2.53 bits per heavy atom. The first kappa shape index (κ1) is 24.9. The first-order valence-corrected chi connectivity index (χ1v) is 10.5. The van der Waals surface area contributed by atoms with Crippen molar-refractivity contribution >= 4 is 23.7 Å². The summed E-state index contributed by atoms with van der Waals surface area (Å²) in [6.07, 6.45) is 0.727. The molecular formula is C23H25F3N4O4. The lowest BCUT2D eigenvalue weighted by Gasteiger charge is -2.33. The van der Waals surface area contributed by atoms with E-state index in [-0.39, 0.29) is 18.6 Å². The largest absolute Gasteiger partial charge is 0.493 e. The van der Waals surface area contributed by atoms with Gasteiger partial charge in [0.05, 0.1) is 12.7 Å². The molecule has 1 aromatic heterocycles. The number of carbonyl (C=O) groups is 2. The Morgan fingerprint density at radius 1 is 1.21 bits per heavy atom. The van der Waals surface area contributed by atoms with Gasteiger partial charge in [0.2, 0.25) is 5.91 Å². The van der Waals surface area contributed by atoms with Gasteiger partial charge in [-0.25, -0.2) is 4.98 Å². The van der Waals surface area contributed by atoms with Crippen LogP contribution in [0.15, 0.2) is 42.6 Å². The fourth-order valence-corrected chi connectivity index (χ4v) is 3.47. The Kier molecular flexibility index (Phi) is 7.98. The molecule has 34 heavy (non-hydrogen) atoms. The second-order valence-electron chi connectivity index (χ2n) is 7.67. The van der Waals surface area contributed by atoms with E-state index < -0.39 is 17.6 Å². The van der Waals surface area contributed by atoms with Gasteiger partial charge in [-0.1, -0.05) is 6.07 Å². The van der Waals surface area contributed by atoms with Crippen LogP contribution in [0.2, 0.25) is 0 Å². The summed E-state index contributed by atoms with van der Waals surface area (Å²) in [5.74, 6) is 0.364. The van der Waals surface area contributed by atoms with E-state index in [0.29, 0.717) is 48.8 Å². The lowest BCUT2D eigenvalue weighted by Crippen LogP contribution is -2.44. The standard InChI is InChI=1S/C23H25F3N4O4/c1-33-19-12-15(2-5-18(19)34-14-20(27)31)3-7-22(32)29-17-8-10-30(11-9-17)21-6-4-16(13-28-21)23(24,25)26/h2-7,12-13,17H,8-11,14H2,1H3,(H2,27,31)(H,29,32). The molecule has 1 saturated heterocycles. The lowest BCUT2D eigenvalue weighted by molar-refractivity contribution is -0.137. The molecule has 1 fully saturated rings. The van der Waals surface area contributed by atoms with Gasteiger partial charge < -0.3 is 25.4 Å². The first-order valence-electron chi connectivity index (χ1n) is 10.5. The number of nitrogens with two attached hydrogens (primary N) is 1. The quantitative estimate of drug-likeness (QED) is 0.565. The monoisotopic (exact) mass is 478 g/mol. The number of hydrogen-bond donors (Lipinski definition) is 2. The molecule has 0 aliphatic carbocycles. The Bertz CT molecular complexity index is 1030. The van der Waals surface area contributed by atoms with Crippen LogP contribution >= 0.6 is 0 Å². The van der Waals surface area contributed by atoms with Crippen molar-refractivity contribution in [2.45, 2.75) is 25.1 Å². The predicted octanol–water partition coefficient (Wildman–Crippen LogP) is 2.77. The highest BCUT2D eigenvalue weighted by molar-refractivity contribution is 5.92. The lowest BCUT2D eigenvalue weighted by atomic mass is 10.0. The number of primary amides is 1. The summed E-state index contributed by atoms with van der Waals surface area (Å²) >= 11 is 0. The van der Waals surface area contributed by atoms with Crippen LogP contribution < -0.4 is 25.4 Å². The van der Waals surface area contributed by atoms with Crippen LogP contribution in [0.3, 0.4) is 0 Å². The summed E-state index contributed by atoms with van der Waals surface area (Å²) in [5, 5.41) is 2.93. The molecule has 11 heteroatoms. The van der Waals surface area contributed by atoms with Gasteiger partial charge in [-0.15, -0.1) is 0 Å². The summed E-state index contributed by atoms with van der Waals surface area (Å²) in [6, 6.07) is 7.31. The number of amides is 2. The molecule has 0 radical (unpaired) electrons. The summed E-state index contributed by atoms with van der Waals surface area (Å²) in [7, 11) is 1.46. The van der Waals surface area contributed by atoms with Crippen LogP contribution in [-0.2, 0) is 15.8 Å². The Balaban J connectivity index is 1.50. The minimum absolute atomic E-state index is 0.0537. The fraction of sp³-hybridized carbons (Fsp3) is 0.348. The molecule has 1 aliphatic heterocycles. The van der Waals surface area contributed by atoms with Crippen molar-refractivity contribution < 1.29 is 32.2 Å². The van der Waals surface area contributed by atoms with Crippen LogP contribution in [-0.4, -0.2) is 49.6 Å². The Morgan fingerprint density at radius 2 is 1.94 bits per heavy atom. The van der Waals surface area contributed by atoms with Crippen LogP contribution in [0.1, 0.15) is 24.0 Å². The van der Waals surface area contributed by atoms with Crippen molar-refractivity contribution in [1.82, 2.24) is 10.3 Å². The van der Waals surface area contributed by atoms with Crippen LogP contribution in [0.4, 0.5) is 19.0 Å². The van der Waals surface area contributed by atoms with Gasteiger partial charge in [0.15, 0.2) is 18.1 Å². The van der Waals surface area contributed by atoms with Gasteiger partial charge in [-0.2, -0.15) is 13.2 Å². The molecule has 2 aromatic rings. The van der Waals surface area contributed by atoms with Crippen molar-refractivity contribution in [3.05, 3.63) is 53.7 Å². The Hall–Kier alpha value is -3.76. The van der Waals surface area contributed by atoms with E-state index in [4.69, 9.17) is 15.2 Å². The molecule has 0 bridgehead atoms. The molecule has 8 nitrogen and oxygen atoms in total. The van der Waals surface area contributed by atoms with Gasteiger partial charge in [-0.05, 0) is 48.7 Å². The zero-order chi connectivity index (χ0) is 24.7. The van der Waals surface area contributed by atoms with Crippen molar-refractivity contribution in [3.8, 4) is 11.5 Å². The third-order valence-electron chi connectivity index (χ3n) is 5.23. The van der Waals surface area contributed by atoms with Gasteiger partial charge in [0, 0.05) is 31.4 Å². The zero-order valence-electron chi connectivity index (χ0n) is 18.5. The maximum Gasteiger partial charge on any atom is 0.417 e. The van der Waals surface area contributed by atoms with E-state index in [9.17, 15) is 22.8 Å². The maximum absolute atomic E-state index is 12.7. The topological polar surface area (TPSA) is 107 Å². The zero-order valence-corrected chi connectivity index (χ0v) is 18.5. The van der Waals surface area contributed by atoms with Crippen molar-refractivity contribution in [3.63, 3.8) is 0 Å². The number of halogens is 3.